The third-order valence-corrected chi connectivity index (χ3v) is 3.24. The molecule has 2 rings (SSSR count). The van der Waals surface area contributed by atoms with Crippen LogP contribution in [0, 0.1) is 0 Å². The van der Waals surface area contributed by atoms with Crippen LogP contribution in [-0.4, -0.2) is 37.5 Å². The first kappa shape index (κ1) is 18.5. The predicted octanol–water partition coefficient (Wildman–Crippen LogP) is 2.23. The van der Waals surface area contributed by atoms with Crippen molar-refractivity contribution < 1.29 is 19.2 Å². The van der Waals surface area contributed by atoms with Crippen molar-refractivity contribution >= 4 is 17.4 Å². The number of carboxylic acid groups (broad SMARTS) is 1. The van der Waals surface area contributed by atoms with Crippen LogP contribution in [-0.2, 0) is 4.79 Å². The molecule has 0 spiro atoms. The molecule has 0 saturated carbocycles. The zero-order valence-electron chi connectivity index (χ0n) is 14.3. The second-order valence-corrected chi connectivity index (χ2v) is 5.40. The van der Waals surface area contributed by atoms with Gasteiger partial charge in [-0.2, -0.15) is 9.71 Å². The SMILES string of the molecule is CC(=O)[O-].COc1ccc(N=NC2=C(C)[N+](C)(C)N=C2C)cc1. The maximum Gasteiger partial charge on any atom is 0.170 e. The van der Waals surface area contributed by atoms with Gasteiger partial charge in [-0.05, 0) is 38.1 Å². The van der Waals surface area contributed by atoms with E-state index in [2.05, 4.69) is 15.3 Å². The zero-order chi connectivity index (χ0) is 17.6. The van der Waals surface area contributed by atoms with Crippen LogP contribution in [0.5, 0.6) is 5.75 Å². The molecular weight excluding hydrogens is 296 g/mol. The van der Waals surface area contributed by atoms with Crippen LogP contribution in [0.2, 0.25) is 0 Å². The van der Waals surface area contributed by atoms with Gasteiger partial charge in [-0.3, -0.25) is 0 Å². The third kappa shape index (κ3) is 5.30. The van der Waals surface area contributed by atoms with Crippen molar-refractivity contribution in [3.05, 3.63) is 35.7 Å². The Hall–Kier alpha value is -2.54. The molecule has 1 aliphatic rings. The van der Waals surface area contributed by atoms with Gasteiger partial charge >= 0.3 is 0 Å². The number of hydrogen-bond acceptors (Lipinski definition) is 6. The lowest BCUT2D eigenvalue weighted by Crippen LogP contribution is -2.28. The van der Waals surface area contributed by atoms with Gasteiger partial charge < -0.3 is 14.6 Å². The minimum absolute atomic E-state index is 0.489. The van der Waals surface area contributed by atoms with Crippen LogP contribution >= 0.6 is 0 Å². The minimum Gasteiger partial charge on any atom is -0.550 e. The van der Waals surface area contributed by atoms with Crippen molar-refractivity contribution in [3.8, 4) is 5.75 Å². The Kier molecular flexibility index (Phi) is 6.15. The van der Waals surface area contributed by atoms with Gasteiger partial charge in [0.1, 0.15) is 11.5 Å². The number of carbonyl (C=O) groups excluding carboxylic acids is 1. The van der Waals surface area contributed by atoms with Crippen molar-refractivity contribution in [1.29, 1.82) is 0 Å². The van der Waals surface area contributed by atoms with E-state index in [1.165, 1.54) is 0 Å². The second kappa shape index (κ2) is 7.64. The molecule has 0 aliphatic carbocycles. The van der Waals surface area contributed by atoms with E-state index in [4.69, 9.17) is 14.6 Å². The highest BCUT2D eigenvalue weighted by Crippen LogP contribution is 2.27. The van der Waals surface area contributed by atoms with Crippen molar-refractivity contribution in [2.24, 2.45) is 15.3 Å². The summed E-state index contributed by atoms with van der Waals surface area (Å²) in [6.45, 7) is 4.96. The molecule has 0 atom stereocenters. The molecular formula is C16H22N4O3. The minimum atomic E-state index is -1.08. The van der Waals surface area contributed by atoms with Gasteiger partial charge in [-0.25, -0.2) is 0 Å². The topological polar surface area (TPSA) is 86.4 Å². The van der Waals surface area contributed by atoms with E-state index in [1.54, 1.807) is 7.11 Å². The highest BCUT2D eigenvalue weighted by Gasteiger charge is 2.31. The van der Waals surface area contributed by atoms with E-state index in [0.717, 1.165) is 35.5 Å². The van der Waals surface area contributed by atoms with E-state index in [0.29, 0.717) is 4.59 Å². The summed E-state index contributed by atoms with van der Waals surface area (Å²) >= 11 is 0. The molecule has 0 N–H and O–H groups in total. The van der Waals surface area contributed by atoms with Gasteiger partial charge in [0.2, 0.25) is 0 Å². The number of aliphatic carboxylic acids is 1. The van der Waals surface area contributed by atoms with Crippen LogP contribution < -0.4 is 9.84 Å². The third-order valence-electron chi connectivity index (χ3n) is 3.24. The number of quaternary nitrogens is 1. The van der Waals surface area contributed by atoms with Crippen LogP contribution in [0.3, 0.4) is 0 Å². The Morgan fingerprint density at radius 1 is 1.17 bits per heavy atom. The number of methoxy groups -OCH3 is 1. The summed E-state index contributed by atoms with van der Waals surface area (Å²) in [7, 11) is 5.69. The van der Waals surface area contributed by atoms with E-state index < -0.39 is 5.97 Å². The van der Waals surface area contributed by atoms with Crippen molar-refractivity contribution in [3.63, 3.8) is 0 Å². The lowest BCUT2D eigenvalue weighted by atomic mass is 10.2. The molecule has 1 heterocycles. The van der Waals surface area contributed by atoms with Crippen LogP contribution in [0.4, 0.5) is 5.69 Å². The highest BCUT2D eigenvalue weighted by molar-refractivity contribution is 5.98. The highest BCUT2D eigenvalue weighted by atomic mass is 16.5. The molecule has 1 aromatic carbocycles. The van der Waals surface area contributed by atoms with Crippen molar-refractivity contribution in [2.45, 2.75) is 20.8 Å². The number of carbonyl (C=O) groups is 1. The smallest absolute Gasteiger partial charge is 0.170 e. The summed E-state index contributed by atoms with van der Waals surface area (Å²) < 4.78 is 5.59. The summed E-state index contributed by atoms with van der Waals surface area (Å²) in [4.78, 5) is 8.89. The number of nitrogens with zero attached hydrogens (tertiary/aromatic N) is 4. The van der Waals surface area contributed by atoms with Crippen molar-refractivity contribution in [1.82, 2.24) is 0 Å². The van der Waals surface area contributed by atoms with Gasteiger partial charge in [-0.1, -0.05) is 5.10 Å². The zero-order valence-corrected chi connectivity index (χ0v) is 14.3. The maximum absolute atomic E-state index is 8.89. The summed E-state index contributed by atoms with van der Waals surface area (Å²) in [5.74, 6) is -0.272. The molecule has 23 heavy (non-hydrogen) atoms. The van der Waals surface area contributed by atoms with E-state index in [1.807, 2.05) is 52.2 Å². The number of rotatable bonds is 3. The molecule has 0 unspecified atom stereocenters. The fraction of sp³-hybridized carbons (Fsp3) is 0.375. The first-order valence-corrected chi connectivity index (χ1v) is 7.03. The predicted molar refractivity (Wildman–Crippen MR) is 86.1 cm³/mol. The Labute approximate surface area is 136 Å². The lowest BCUT2D eigenvalue weighted by Gasteiger charge is -2.17. The van der Waals surface area contributed by atoms with Gasteiger partial charge in [0.25, 0.3) is 0 Å². The Balaban J connectivity index is 0.000000593. The summed E-state index contributed by atoms with van der Waals surface area (Å²) in [5, 5.41) is 22.0. The second-order valence-electron chi connectivity index (χ2n) is 5.40. The molecule has 7 heteroatoms. The molecule has 1 aromatic rings. The summed E-state index contributed by atoms with van der Waals surface area (Å²) in [5.41, 5.74) is 3.67. The van der Waals surface area contributed by atoms with Crippen LogP contribution in [0.25, 0.3) is 0 Å². The monoisotopic (exact) mass is 318 g/mol. The summed E-state index contributed by atoms with van der Waals surface area (Å²) in [6, 6.07) is 7.48. The lowest BCUT2D eigenvalue weighted by molar-refractivity contribution is -0.856. The Bertz CT molecular complexity index is 654. The molecule has 0 fully saturated rings. The molecule has 124 valence electrons. The number of ether oxygens (including phenoxy) is 1. The number of hydrogen-bond donors (Lipinski definition) is 0. The normalized spacial score (nSPS) is 16.0. The van der Waals surface area contributed by atoms with Gasteiger partial charge in [-0.15, -0.1) is 5.11 Å². The molecule has 1 aliphatic heterocycles. The number of benzene rings is 1. The number of allylic oxidation sites excluding steroid dienone is 2. The fourth-order valence-corrected chi connectivity index (χ4v) is 1.92. The number of azo groups is 1. The molecule has 0 saturated heterocycles. The first-order chi connectivity index (χ1) is 10.7. The largest absolute Gasteiger partial charge is 0.550 e. The molecule has 0 amide bonds. The Morgan fingerprint density at radius 2 is 1.70 bits per heavy atom. The average Bonchev–Trinajstić information content (AvgIpc) is 2.65. The number of carboxylic acids is 1. The molecule has 0 radical (unpaired) electrons. The molecule has 0 bridgehead atoms. The quantitative estimate of drug-likeness (QED) is 0.632. The van der Waals surface area contributed by atoms with Gasteiger partial charge in [0.05, 0.1) is 26.9 Å². The van der Waals surface area contributed by atoms with E-state index in [-0.39, 0.29) is 0 Å². The standard InChI is InChI=1S/C14H19N4O.C2H4O2/c1-10-14(11(2)18(3,4)17-10)16-15-12-6-8-13(19-5)9-7-12;1-2(3)4/h6-9H,1-5H3;1H3,(H,3,4)/q+1;/p-1. The fourth-order valence-electron chi connectivity index (χ4n) is 1.92. The average molecular weight is 318 g/mol. The molecule has 7 nitrogen and oxygen atoms in total. The summed E-state index contributed by atoms with van der Waals surface area (Å²) in [6.07, 6.45) is 0. The van der Waals surface area contributed by atoms with Crippen LogP contribution in [0.1, 0.15) is 20.8 Å². The van der Waals surface area contributed by atoms with E-state index >= 15 is 0 Å². The maximum atomic E-state index is 8.89. The Morgan fingerprint density at radius 3 is 2.09 bits per heavy atom. The first-order valence-electron chi connectivity index (χ1n) is 7.03. The van der Waals surface area contributed by atoms with E-state index in [9.17, 15) is 0 Å². The van der Waals surface area contributed by atoms with Gasteiger partial charge in [0.15, 0.2) is 11.4 Å². The molecule has 0 aromatic heterocycles. The van der Waals surface area contributed by atoms with Gasteiger partial charge in [0, 0.05) is 12.9 Å². The van der Waals surface area contributed by atoms with Crippen molar-refractivity contribution in [2.75, 3.05) is 21.2 Å². The van der Waals surface area contributed by atoms with Crippen LogP contribution in [0.15, 0.2) is 51.0 Å².